The second kappa shape index (κ2) is 39.7. The largest absolute Gasteiger partial charge is 0.462 e. The summed E-state index contributed by atoms with van der Waals surface area (Å²) in [5, 5.41) is 72.1. The molecule has 2 aliphatic heterocycles. The summed E-state index contributed by atoms with van der Waals surface area (Å²) in [6.45, 7) is 2.43. The number of allylic oxidation sites excluding steroid dienone is 9. The minimum Gasteiger partial charge on any atom is -0.462 e. The second-order valence-corrected chi connectivity index (χ2v) is 17.7. The van der Waals surface area contributed by atoms with E-state index in [4.69, 9.17) is 28.4 Å². The quantitative estimate of drug-likeness (QED) is 0.0143. The van der Waals surface area contributed by atoms with Gasteiger partial charge in [-0.25, -0.2) is 0 Å². The third-order valence-electron chi connectivity index (χ3n) is 11.7. The zero-order chi connectivity index (χ0) is 49.6. The molecule has 0 bridgehead atoms. The van der Waals surface area contributed by atoms with Crippen LogP contribution in [0.1, 0.15) is 162 Å². The first-order valence-corrected chi connectivity index (χ1v) is 25.6. The molecule has 390 valence electrons. The number of aliphatic hydroxyl groups excluding tert-OH is 7. The van der Waals surface area contributed by atoms with E-state index in [1.807, 2.05) is 0 Å². The molecule has 2 heterocycles. The Morgan fingerprint density at radius 1 is 0.515 bits per heavy atom. The van der Waals surface area contributed by atoms with E-state index in [0.29, 0.717) is 12.8 Å². The molecule has 11 atom stereocenters. The Bertz CT molecular complexity index is 1470. The molecule has 2 saturated heterocycles. The summed E-state index contributed by atoms with van der Waals surface area (Å²) < 4.78 is 33.5. The molecular weight excluding hydrogens is 877 g/mol. The zero-order valence-corrected chi connectivity index (χ0v) is 41.1. The Hall–Kier alpha value is -3.02. The lowest BCUT2D eigenvalue weighted by molar-refractivity contribution is -0.332. The second-order valence-electron chi connectivity index (χ2n) is 17.7. The molecule has 2 aliphatic rings. The van der Waals surface area contributed by atoms with Gasteiger partial charge in [0.15, 0.2) is 18.7 Å². The lowest BCUT2D eigenvalue weighted by Gasteiger charge is -2.42. The number of hydrogen-bond acceptors (Lipinski definition) is 15. The van der Waals surface area contributed by atoms with Gasteiger partial charge in [-0.3, -0.25) is 9.59 Å². The maximum absolute atomic E-state index is 13.0. The van der Waals surface area contributed by atoms with Crippen molar-refractivity contribution >= 4 is 11.9 Å². The van der Waals surface area contributed by atoms with E-state index >= 15 is 0 Å². The number of rotatable bonds is 38. The van der Waals surface area contributed by atoms with Crippen molar-refractivity contribution in [2.24, 2.45) is 0 Å². The minimum atomic E-state index is -1.78. The molecule has 15 heteroatoms. The minimum absolute atomic E-state index is 0.120. The summed E-state index contributed by atoms with van der Waals surface area (Å²) in [5.41, 5.74) is 3.28. The van der Waals surface area contributed by atoms with Gasteiger partial charge in [0.1, 0.15) is 55.4 Å². The number of esters is 2. The van der Waals surface area contributed by atoms with Crippen molar-refractivity contribution in [1.29, 1.82) is 0 Å². The van der Waals surface area contributed by atoms with Crippen molar-refractivity contribution < 1.29 is 73.8 Å². The SMILES string of the molecule is CCC/C=C/C/C=C/C/C=C/C/C=C/CCCCCC(=O)O[C@H](COC(=O)CCCCCCCC=C=CCCCCCCC)CO[C@H]1O[C@@H](CO[C@H]2O[C@@H](CO)[C@@H](O)C(O)C2O)[C@@H](O)C(O)C1O. The normalized spacial score (nSPS) is 25.9. The molecular formula is C53H88O15. The van der Waals surface area contributed by atoms with Crippen LogP contribution in [0.25, 0.3) is 0 Å². The van der Waals surface area contributed by atoms with Crippen molar-refractivity contribution in [3.05, 3.63) is 66.5 Å². The molecule has 2 fully saturated rings. The van der Waals surface area contributed by atoms with Gasteiger partial charge in [0.05, 0.1) is 19.8 Å². The van der Waals surface area contributed by atoms with Gasteiger partial charge in [-0.05, 0) is 89.2 Å². The molecule has 7 N–H and O–H groups in total. The van der Waals surface area contributed by atoms with Crippen LogP contribution in [0.15, 0.2) is 66.5 Å². The van der Waals surface area contributed by atoms with Crippen LogP contribution in [0.5, 0.6) is 0 Å². The number of carbonyl (C=O) groups excluding carboxylic acids is 2. The first kappa shape index (κ1) is 61.1. The van der Waals surface area contributed by atoms with Crippen molar-refractivity contribution in [2.75, 3.05) is 26.4 Å². The topological polar surface area (TPSA) is 231 Å². The Labute approximate surface area is 406 Å². The lowest BCUT2D eigenvalue weighted by atomic mass is 9.98. The highest BCUT2D eigenvalue weighted by Crippen LogP contribution is 2.26. The standard InChI is InChI=1S/C53H88O15/c1-3-5-7-9-11-13-15-17-19-20-22-24-26-28-30-32-34-36-45(56)66-41(38-63-44(55)35-33-31-29-27-25-23-21-18-16-14-12-10-8-6-4-2)39-64-52-51(62)49(60)47(58)43(68-52)40-65-53-50(61)48(59)46(57)42(37-54)67-53/h7,9,13,15-16,19-21,24,26,41-43,46-54,57-62H,3-6,8,10-12,14,17,22-23,25,27-40H2,1-2H3/b9-7+,15-13+,20-19+,26-24+/t18?,41-,42+,43+,46-,47-,48?,49?,50?,51?,52+,53+/m1/s1. The Balaban J connectivity index is 1.85. The van der Waals surface area contributed by atoms with Crippen LogP contribution < -0.4 is 0 Å². The van der Waals surface area contributed by atoms with Crippen LogP contribution in [0.2, 0.25) is 0 Å². The molecule has 68 heavy (non-hydrogen) atoms. The average molecular weight is 965 g/mol. The van der Waals surface area contributed by atoms with E-state index < -0.39 is 99.3 Å². The monoisotopic (exact) mass is 965 g/mol. The summed E-state index contributed by atoms with van der Waals surface area (Å²) in [7, 11) is 0. The first-order valence-electron chi connectivity index (χ1n) is 25.6. The van der Waals surface area contributed by atoms with Gasteiger partial charge in [0.2, 0.25) is 0 Å². The predicted molar refractivity (Wildman–Crippen MR) is 260 cm³/mol. The maximum Gasteiger partial charge on any atom is 0.306 e. The molecule has 0 aromatic heterocycles. The number of unbranched alkanes of at least 4 members (excludes halogenated alkanes) is 14. The molecule has 0 saturated carbocycles. The summed E-state index contributed by atoms with van der Waals surface area (Å²) in [6, 6.07) is 0. The van der Waals surface area contributed by atoms with Gasteiger partial charge in [0, 0.05) is 12.8 Å². The van der Waals surface area contributed by atoms with Crippen LogP contribution in [0, 0.1) is 0 Å². The number of ether oxygens (including phenoxy) is 6. The number of aliphatic hydroxyl groups is 7. The molecule has 0 aromatic carbocycles. The molecule has 0 spiro atoms. The fourth-order valence-corrected chi connectivity index (χ4v) is 7.48. The van der Waals surface area contributed by atoms with Crippen molar-refractivity contribution in [1.82, 2.24) is 0 Å². The van der Waals surface area contributed by atoms with Gasteiger partial charge in [-0.15, -0.1) is 5.73 Å². The van der Waals surface area contributed by atoms with Crippen LogP contribution in [-0.4, -0.2) is 142 Å². The first-order chi connectivity index (χ1) is 33.0. The van der Waals surface area contributed by atoms with E-state index in [0.717, 1.165) is 83.5 Å². The van der Waals surface area contributed by atoms with Gasteiger partial charge in [0.25, 0.3) is 0 Å². The van der Waals surface area contributed by atoms with Crippen molar-refractivity contribution in [3.8, 4) is 0 Å². The van der Waals surface area contributed by atoms with Crippen LogP contribution in [-0.2, 0) is 38.0 Å². The molecule has 0 aromatic rings. The molecule has 0 radical (unpaired) electrons. The highest BCUT2D eigenvalue weighted by molar-refractivity contribution is 5.70. The molecule has 4 unspecified atom stereocenters. The predicted octanol–water partition coefficient (Wildman–Crippen LogP) is 7.03. The van der Waals surface area contributed by atoms with E-state index in [1.54, 1.807) is 0 Å². The number of hydrogen-bond donors (Lipinski definition) is 7. The fourth-order valence-electron chi connectivity index (χ4n) is 7.48. The lowest BCUT2D eigenvalue weighted by Crippen LogP contribution is -2.61. The summed E-state index contributed by atoms with van der Waals surface area (Å²) in [6.07, 6.45) is 26.0. The summed E-state index contributed by atoms with van der Waals surface area (Å²) >= 11 is 0. The summed E-state index contributed by atoms with van der Waals surface area (Å²) in [5.74, 6) is -0.988. The van der Waals surface area contributed by atoms with Crippen molar-refractivity contribution in [3.63, 3.8) is 0 Å². The third kappa shape index (κ3) is 27.4. The van der Waals surface area contributed by atoms with Crippen LogP contribution >= 0.6 is 0 Å². The molecule has 15 nitrogen and oxygen atoms in total. The highest BCUT2D eigenvalue weighted by atomic mass is 16.7. The van der Waals surface area contributed by atoms with E-state index in [-0.39, 0.29) is 19.4 Å². The van der Waals surface area contributed by atoms with Crippen LogP contribution in [0.3, 0.4) is 0 Å². The van der Waals surface area contributed by atoms with Crippen molar-refractivity contribution in [2.45, 2.75) is 229 Å². The smallest absolute Gasteiger partial charge is 0.306 e. The zero-order valence-electron chi connectivity index (χ0n) is 41.1. The third-order valence-corrected chi connectivity index (χ3v) is 11.7. The Morgan fingerprint density at radius 2 is 1.00 bits per heavy atom. The van der Waals surface area contributed by atoms with E-state index in [2.05, 4.69) is 80.3 Å². The Kier molecular flexibility index (Phi) is 35.6. The average Bonchev–Trinajstić information content (AvgIpc) is 3.33. The van der Waals surface area contributed by atoms with E-state index in [1.165, 1.54) is 38.5 Å². The van der Waals surface area contributed by atoms with Gasteiger partial charge < -0.3 is 64.2 Å². The summed E-state index contributed by atoms with van der Waals surface area (Å²) in [4.78, 5) is 25.7. The van der Waals surface area contributed by atoms with Gasteiger partial charge in [-0.2, -0.15) is 0 Å². The van der Waals surface area contributed by atoms with Gasteiger partial charge >= 0.3 is 11.9 Å². The highest BCUT2D eigenvalue weighted by Gasteiger charge is 2.47. The Morgan fingerprint density at radius 3 is 1.60 bits per heavy atom. The number of carbonyl (C=O) groups is 2. The van der Waals surface area contributed by atoms with E-state index in [9.17, 15) is 45.3 Å². The van der Waals surface area contributed by atoms with Gasteiger partial charge in [-0.1, -0.05) is 120 Å². The fraction of sp³-hybridized carbons (Fsp3) is 0.755. The molecule has 2 rings (SSSR count). The maximum atomic E-state index is 13.0. The van der Waals surface area contributed by atoms with Crippen LogP contribution in [0.4, 0.5) is 0 Å². The molecule has 0 amide bonds. The molecule has 0 aliphatic carbocycles.